The Morgan fingerprint density at radius 1 is 1.83 bits per heavy atom. The number of rotatable bonds is 1. The molecule has 0 unspecified atom stereocenters. The van der Waals surface area contributed by atoms with E-state index in [2.05, 4.69) is 24.7 Å². The standard InChI is InChI=1S/C4H5.BrH.Mg/c1-3-4-2;;/h1H2,2H3;1H;/q;;+1/p-1. The molecule has 0 aliphatic heterocycles. The van der Waals surface area contributed by atoms with E-state index < -0.39 is 0 Å². The van der Waals surface area contributed by atoms with Gasteiger partial charge in [0.25, 0.3) is 0 Å². The van der Waals surface area contributed by atoms with Crippen LogP contribution in [0.4, 0.5) is 0 Å². The third-order valence-corrected chi connectivity index (χ3v) is 2.02. The van der Waals surface area contributed by atoms with Crippen LogP contribution >= 0.6 is 12.9 Å². The quantitative estimate of drug-likeness (QED) is 0.399. The highest BCUT2D eigenvalue weighted by molar-refractivity contribution is 9.23. The van der Waals surface area contributed by atoms with E-state index in [9.17, 15) is 0 Å². The zero-order valence-electron chi connectivity index (χ0n) is 3.79. The minimum absolute atomic E-state index is 0.0419. The van der Waals surface area contributed by atoms with Gasteiger partial charge in [0, 0.05) is 0 Å². The largest absolute Gasteiger partial charge is 0.482 e. The summed E-state index contributed by atoms with van der Waals surface area (Å²) in [5.74, 6) is 5.79. The van der Waals surface area contributed by atoms with Gasteiger partial charge in [0.05, 0.1) is 0 Å². The molecular weight excluding hydrogens is 152 g/mol. The molecule has 0 heterocycles. The lowest BCUT2D eigenvalue weighted by Crippen LogP contribution is -1.66. The van der Waals surface area contributed by atoms with E-state index >= 15 is 0 Å². The molecule has 0 atom stereocenters. The molecule has 0 saturated carbocycles. The molecule has 2 heteroatoms. The van der Waals surface area contributed by atoms with Crippen LogP contribution in [0, 0.1) is 11.8 Å². The second-order valence-corrected chi connectivity index (χ2v) is 4.12. The lowest BCUT2D eigenvalue weighted by atomic mass is 10.7. The Bertz CT molecular complexity index is 69.4. The first-order valence-electron chi connectivity index (χ1n) is 1.87. The van der Waals surface area contributed by atoms with Gasteiger partial charge in [-0.15, -0.1) is 11.8 Å². The van der Waals surface area contributed by atoms with Crippen LogP contribution in [0.25, 0.3) is 0 Å². The van der Waals surface area contributed by atoms with Crippen molar-refractivity contribution in [2.24, 2.45) is 0 Å². The molecule has 0 amide bonds. The smallest absolute Gasteiger partial charge is 0.305 e. The zero-order chi connectivity index (χ0) is 4.83. The van der Waals surface area contributed by atoms with Crippen molar-refractivity contribution in [2.45, 2.75) is 11.5 Å². The van der Waals surface area contributed by atoms with Crippen molar-refractivity contribution in [3.63, 3.8) is 0 Å². The van der Waals surface area contributed by atoms with Gasteiger partial charge in [-0.2, -0.15) is 0 Å². The second-order valence-electron chi connectivity index (χ2n) is 0.866. The van der Waals surface area contributed by atoms with Gasteiger partial charge in [-0.3, -0.25) is 0 Å². The van der Waals surface area contributed by atoms with Crippen LogP contribution in [0.1, 0.15) is 6.92 Å². The monoisotopic (exact) mass is 156 g/mol. The Labute approximate surface area is 54.3 Å². The van der Waals surface area contributed by atoms with E-state index in [-0.39, 0.29) is 18.2 Å². The highest BCUT2D eigenvalue weighted by Gasteiger charge is 1.77. The van der Waals surface area contributed by atoms with E-state index in [0.29, 0.717) is 0 Å². The Morgan fingerprint density at radius 3 is 2.67 bits per heavy atom. The molecule has 0 aromatic heterocycles. The van der Waals surface area contributed by atoms with Crippen LogP contribution < -0.4 is 0 Å². The third-order valence-electron chi connectivity index (χ3n) is 0.396. The first-order valence-corrected chi connectivity index (χ1v) is 6.77. The molecule has 0 aliphatic rings. The highest BCUT2D eigenvalue weighted by Crippen LogP contribution is 1.79. The Kier molecular flexibility index (Phi) is 6.59. The van der Waals surface area contributed by atoms with Gasteiger partial charge in [-0.25, -0.2) is 0 Å². The summed E-state index contributed by atoms with van der Waals surface area (Å²) in [5.41, 5.74) is 0. The number of halogens is 1. The maximum Gasteiger partial charge on any atom is 0.482 e. The van der Waals surface area contributed by atoms with Crippen LogP contribution in [-0.4, -0.2) is 18.2 Å². The minimum atomic E-state index is 0.0419. The summed E-state index contributed by atoms with van der Waals surface area (Å²) in [4.78, 5) is 0. The lowest BCUT2D eigenvalue weighted by molar-refractivity contribution is 1.80. The summed E-state index contributed by atoms with van der Waals surface area (Å²) in [6.07, 6.45) is 0. The molecule has 0 bridgehead atoms. The zero-order valence-corrected chi connectivity index (χ0v) is 6.79. The van der Waals surface area contributed by atoms with E-state index in [1.165, 1.54) is 0 Å². The minimum Gasteiger partial charge on any atom is -0.305 e. The van der Waals surface area contributed by atoms with E-state index in [1.54, 1.807) is 0 Å². The van der Waals surface area contributed by atoms with Crippen LogP contribution in [0.15, 0.2) is 0 Å². The molecule has 0 rings (SSSR count). The lowest BCUT2D eigenvalue weighted by Gasteiger charge is -1.65. The predicted octanol–water partition coefficient (Wildman–Crippen LogP) is 1.44. The van der Waals surface area contributed by atoms with Crippen molar-refractivity contribution < 1.29 is 0 Å². The molecule has 6 heavy (non-hydrogen) atoms. The maximum absolute atomic E-state index is 3.39. The van der Waals surface area contributed by atoms with Crippen molar-refractivity contribution in [3.8, 4) is 11.8 Å². The van der Waals surface area contributed by atoms with Crippen LogP contribution in [0.3, 0.4) is 0 Å². The van der Waals surface area contributed by atoms with E-state index in [0.717, 1.165) is 4.55 Å². The first-order chi connectivity index (χ1) is 2.91. The highest BCUT2D eigenvalue weighted by atomic mass is 79.9. The second kappa shape index (κ2) is 5.81. The molecule has 30 valence electrons. The van der Waals surface area contributed by atoms with E-state index in [1.807, 2.05) is 6.92 Å². The molecule has 0 nitrogen and oxygen atoms in total. The van der Waals surface area contributed by atoms with Crippen molar-refractivity contribution in [1.29, 1.82) is 0 Å². The maximum atomic E-state index is 3.39. The summed E-state index contributed by atoms with van der Waals surface area (Å²) < 4.78 is 1.11. The molecule has 0 N–H and O–H groups in total. The van der Waals surface area contributed by atoms with Crippen molar-refractivity contribution in [3.05, 3.63) is 0 Å². The molecule has 0 fully saturated rings. The SMILES string of the molecule is CC#C[CH2][Mg][Br]. The van der Waals surface area contributed by atoms with Gasteiger partial charge >= 0.3 is 18.2 Å². The summed E-state index contributed by atoms with van der Waals surface area (Å²) in [7, 11) is 0. The van der Waals surface area contributed by atoms with Crippen LogP contribution in [0.2, 0.25) is 4.55 Å². The summed E-state index contributed by atoms with van der Waals surface area (Å²) in [6, 6.07) is 0. The molecule has 0 aliphatic carbocycles. The van der Waals surface area contributed by atoms with Crippen molar-refractivity contribution >= 4 is 31.1 Å². The Morgan fingerprint density at radius 2 is 2.50 bits per heavy atom. The fraction of sp³-hybridized carbons (Fsp3) is 0.500. The summed E-state index contributed by atoms with van der Waals surface area (Å²) in [5, 5.41) is 0. The first kappa shape index (κ1) is 6.81. The predicted molar refractivity (Wildman–Crippen MR) is 32.9 cm³/mol. The van der Waals surface area contributed by atoms with Gasteiger partial charge in [0.15, 0.2) is 0 Å². The molecule has 0 aromatic carbocycles. The fourth-order valence-electron chi connectivity index (χ4n) is 0.172. The van der Waals surface area contributed by atoms with Gasteiger partial charge in [0.1, 0.15) is 0 Å². The summed E-state index contributed by atoms with van der Waals surface area (Å²) >= 11 is 3.43. The van der Waals surface area contributed by atoms with Gasteiger partial charge < -0.3 is 12.9 Å². The van der Waals surface area contributed by atoms with Crippen LogP contribution in [-0.2, 0) is 0 Å². The number of hydrogen-bond donors (Lipinski definition) is 0. The molecule has 0 aromatic rings. The molecule has 0 spiro atoms. The number of hydrogen-bond acceptors (Lipinski definition) is 0. The average Bonchev–Trinajstić information content (AvgIpc) is 1.61. The van der Waals surface area contributed by atoms with E-state index in [4.69, 9.17) is 0 Å². The van der Waals surface area contributed by atoms with Crippen molar-refractivity contribution in [1.82, 2.24) is 0 Å². The van der Waals surface area contributed by atoms with Crippen molar-refractivity contribution in [2.75, 3.05) is 0 Å². The third kappa shape index (κ3) is 4.81. The molecular formula is C4H5BrMg. The fourth-order valence-corrected chi connectivity index (χ4v) is 1.11. The Balaban J connectivity index is 2.79. The molecule has 0 saturated heterocycles. The summed E-state index contributed by atoms with van der Waals surface area (Å²) in [6.45, 7) is 1.87. The Hall–Kier alpha value is 0.806. The van der Waals surface area contributed by atoms with Gasteiger partial charge in [-0.1, -0.05) is 4.55 Å². The van der Waals surface area contributed by atoms with Crippen LogP contribution in [0.5, 0.6) is 0 Å². The topological polar surface area (TPSA) is 0 Å². The normalized spacial score (nSPS) is 5.00. The van der Waals surface area contributed by atoms with Gasteiger partial charge in [0.2, 0.25) is 0 Å². The molecule has 0 radical (unpaired) electrons. The van der Waals surface area contributed by atoms with Gasteiger partial charge in [-0.05, 0) is 6.92 Å². The average molecular weight is 157 g/mol.